The molecule has 1 saturated heterocycles. The van der Waals surface area contributed by atoms with Crippen LogP contribution in [-0.4, -0.2) is 45.4 Å². The van der Waals surface area contributed by atoms with Crippen molar-refractivity contribution < 1.29 is 32.6 Å². The molecule has 49 heavy (non-hydrogen) atoms. The molecule has 0 radical (unpaired) electrons. The number of carbonyl (C=O) groups is 2. The minimum absolute atomic E-state index is 0.177. The van der Waals surface area contributed by atoms with E-state index < -0.39 is 32.1 Å². The third kappa shape index (κ3) is 8.08. The average molecular weight is 685 g/mol. The summed E-state index contributed by atoms with van der Waals surface area (Å²) in [6.45, 7) is 14.6. The van der Waals surface area contributed by atoms with E-state index in [-0.39, 0.29) is 36.0 Å². The predicted octanol–water partition coefficient (Wildman–Crippen LogP) is 8.46. The minimum atomic E-state index is -2.89. The van der Waals surface area contributed by atoms with Gasteiger partial charge in [0.1, 0.15) is 18.0 Å². The number of benzene rings is 3. The normalized spacial score (nSPS) is 21.4. The van der Waals surface area contributed by atoms with E-state index in [1.54, 1.807) is 19.9 Å². The summed E-state index contributed by atoms with van der Waals surface area (Å²) < 4.78 is 38.4. The van der Waals surface area contributed by atoms with Crippen LogP contribution in [0.2, 0.25) is 5.04 Å². The molecule has 1 fully saturated rings. The standard InChI is InChI=1S/C41H49FO6Si/c1-8-45-39(44)47-32-25-35(29-19-22-37(42)28(2)23-29)36(41(6,7)27-32)21-20-30-24-31(26-38(43)46-30)48-49(40(3,4)5,33-15-11-9-12-16-33)34-17-13-10-14-18-34/h9-23,30-32H,8,24-27H2,1-7H3/b21-20+/t30-,31-,32+/m1/s1. The fourth-order valence-corrected chi connectivity index (χ4v) is 12.1. The highest BCUT2D eigenvalue weighted by molar-refractivity contribution is 6.99. The summed E-state index contributed by atoms with van der Waals surface area (Å²) >= 11 is 0. The zero-order chi connectivity index (χ0) is 35.4. The fourth-order valence-electron chi connectivity index (χ4n) is 7.45. The first-order chi connectivity index (χ1) is 23.2. The molecule has 8 heteroatoms. The summed E-state index contributed by atoms with van der Waals surface area (Å²) in [5.74, 6) is -0.574. The minimum Gasteiger partial charge on any atom is -0.458 e. The zero-order valence-corrected chi connectivity index (χ0v) is 30.8. The molecule has 0 amide bonds. The van der Waals surface area contributed by atoms with Gasteiger partial charge in [-0.1, -0.05) is 107 Å². The van der Waals surface area contributed by atoms with E-state index >= 15 is 0 Å². The quantitative estimate of drug-likeness (QED) is 0.166. The molecule has 3 aromatic carbocycles. The van der Waals surface area contributed by atoms with Crippen LogP contribution in [0.15, 0.2) is 96.6 Å². The lowest BCUT2D eigenvalue weighted by Gasteiger charge is -2.46. The monoisotopic (exact) mass is 684 g/mol. The van der Waals surface area contributed by atoms with Crippen LogP contribution >= 0.6 is 0 Å². The van der Waals surface area contributed by atoms with Gasteiger partial charge in [-0.05, 0) is 81.6 Å². The van der Waals surface area contributed by atoms with Gasteiger partial charge in [0.25, 0.3) is 8.32 Å². The summed E-state index contributed by atoms with van der Waals surface area (Å²) in [7, 11) is -2.89. The van der Waals surface area contributed by atoms with Gasteiger partial charge in [-0.15, -0.1) is 0 Å². The van der Waals surface area contributed by atoms with Crippen molar-refractivity contribution in [2.75, 3.05) is 6.61 Å². The number of hydrogen-bond donors (Lipinski definition) is 0. The summed E-state index contributed by atoms with van der Waals surface area (Å²) in [5.41, 5.74) is 2.94. The number of esters is 1. The Labute approximate surface area is 291 Å². The third-order valence-corrected chi connectivity index (χ3v) is 14.8. The molecule has 0 unspecified atom stereocenters. The second kappa shape index (κ2) is 14.8. The number of halogens is 1. The Balaban J connectivity index is 1.50. The Hall–Kier alpha value is -4.01. The molecule has 0 bridgehead atoms. The van der Waals surface area contributed by atoms with Gasteiger partial charge >= 0.3 is 12.1 Å². The van der Waals surface area contributed by atoms with Gasteiger partial charge in [0, 0.05) is 12.8 Å². The average Bonchev–Trinajstić information content (AvgIpc) is 3.04. The molecule has 0 spiro atoms. The Morgan fingerprint density at radius 1 is 0.980 bits per heavy atom. The van der Waals surface area contributed by atoms with Crippen molar-refractivity contribution in [2.45, 2.75) is 97.5 Å². The summed E-state index contributed by atoms with van der Waals surface area (Å²) in [5, 5.41) is 2.09. The van der Waals surface area contributed by atoms with Crippen molar-refractivity contribution in [3.8, 4) is 0 Å². The summed E-state index contributed by atoms with van der Waals surface area (Å²) in [4.78, 5) is 25.5. The zero-order valence-electron chi connectivity index (χ0n) is 29.8. The number of allylic oxidation sites excluding steroid dienone is 2. The first-order valence-electron chi connectivity index (χ1n) is 17.2. The van der Waals surface area contributed by atoms with Crippen LogP contribution in [0.25, 0.3) is 5.57 Å². The fraction of sp³-hybridized carbons (Fsp3) is 0.415. The van der Waals surface area contributed by atoms with Gasteiger partial charge in [-0.3, -0.25) is 4.79 Å². The van der Waals surface area contributed by atoms with E-state index in [1.165, 1.54) is 6.07 Å². The van der Waals surface area contributed by atoms with Crippen LogP contribution < -0.4 is 10.4 Å². The molecule has 0 N–H and O–H groups in total. The van der Waals surface area contributed by atoms with Crippen LogP contribution in [0.4, 0.5) is 9.18 Å². The van der Waals surface area contributed by atoms with Crippen molar-refractivity contribution in [1.82, 2.24) is 0 Å². The highest BCUT2D eigenvalue weighted by Crippen LogP contribution is 2.46. The van der Waals surface area contributed by atoms with E-state index in [0.717, 1.165) is 27.1 Å². The SMILES string of the molecule is CCOC(=O)O[C@H]1CC(c2ccc(F)c(C)c2)=C(/C=C/[C@@H]2C[C@@H](O[Si](c3ccccc3)(c3ccccc3)C(C)(C)C)CC(=O)O2)C(C)(C)C1. The van der Waals surface area contributed by atoms with E-state index in [1.807, 2.05) is 30.4 Å². The molecular formula is C41H49FO6Si. The molecular weight excluding hydrogens is 636 g/mol. The van der Waals surface area contributed by atoms with Crippen LogP contribution in [0.5, 0.6) is 0 Å². The van der Waals surface area contributed by atoms with E-state index in [4.69, 9.17) is 18.6 Å². The first-order valence-corrected chi connectivity index (χ1v) is 19.1. The van der Waals surface area contributed by atoms with Crippen molar-refractivity contribution in [2.24, 2.45) is 5.41 Å². The van der Waals surface area contributed by atoms with Crippen LogP contribution in [0.1, 0.15) is 78.4 Å². The predicted molar refractivity (Wildman–Crippen MR) is 194 cm³/mol. The number of rotatable bonds is 9. The maximum Gasteiger partial charge on any atom is 0.508 e. The van der Waals surface area contributed by atoms with Gasteiger partial charge < -0.3 is 18.6 Å². The Morgan fingerprint density at radius 2 is 1.61 bits per heavy atom. The van der Waals surface area contributed by atoms with Gasteiger partial charge in [0.15, 0.2) is 0 Å². The largest absolute Gasteiger partial charge is 0.508 e. The molecule has 260 valence electrons. The number of cyclic esters (lactones) is 1. The first kappa shape index (κ1) is 36.3. The third-order valence-electron chi connectivity index (χ3n) is 9.67. The molecule has 6 nitrogen and oxygen atoms in total. The van der Waals surface area contributed by atoms with Crippen LogP contribution in [-0.2, 0) is 23.4 Å². The Bertz CT molecular complexity index is 1650. The number of ether oxygens (including phenoxy) is 3. The van der Waals surface area contributed by atoms with Gasteiger partial charge in [0.05, 0.1) is 19.1 Å². The molecule has 0 aromatic heterocycles. The summed E-state index contributed by atoms with van der Waals surface area (Å²) in [6.07, 6.45) is 3.74. The maximum atomic E-state index is 14.3. The molecule has 1 heterocycles. The number of aryl methyl sites for hydroxylation is 1. The van der Waals surface area contributed by atoms with Crippen LogP contribution in [0.3, 0.4) is 0 Å². The van der Waals surface area contributed by atoms with Crippen molar-refractivity contribution in [3.63, 3.8) is 0 Å². The Morgan fingerprint density at radius 3 is 2.18 bits per heavy atom. The lowest BCUT2D eigenvalue weighted by atomic mass is 9.69. The summed E-state index contributed by atoms with van der Waals surface area (Å²) in [6, 6.07) is 25.9. The van der Waals surface area contributed by atoms with Crippen molar-refractivity contribution >= 4 is 36.4 Å². The number of carbonyl (C=O) groups excluding carboxylic acids is 2. The Kier molecular flexibility index (Phi) is 11.0. The highest BCUT2D eigenvalue weighted by atomic mass is 28.4. The van der Waals surface area contributed by atoms with Crippen LogP contribution in [0, 0.1) is 18.2 Å². The topological polar surface area (TPSA) is 71.1 Å². The molecule has 3 atom stereocenters. The van der Waals surface area contributed by atoms with Gasteiger partial charge in [-0.2, -0.15) is 0 Å². The van der Waals surface area contributed by atoms with Crippen molar-refractivity contribution in [3.05, 3.63) is 114 Å². The van der Waals surface area contributed by atoms with E-state index in [9.17, 15) is 14.0 Å². The highest BCUT2D eigenvalue weighted by Gasteiger charge is 2.52. The van der Waals surface area contributed by atoms with E-state index in [2.05, 4.69) is 83.1 Å². The molecule has 0 saturated carbocycles. The van der Waals surface area contributed by atoms with E-state index in [0.29, 0.717) is 24.8 Å². The molecule has 1 aliphatic heterocycles. The molecule has 5 rings (SSSR count). The second-order valence-corrected chi connectivity index (χ2v) is 19.1. The van der Waals surface area contributed by atoms with Gasteiger partial charge in [0.2, 0.25) is 0 Å². The lowest BCUT2D eigenvalue weighted by Crippen LogP contribution is -2.68. The van der Waals surface area contributed by atoms with Gasteiger partial charge in [-0.25, -0.2) is 9.18 Å². The van der Waals surface area contributed by atoms with Crippen molar-refractivity contribution in [1.29, 1.82) is 0 Å². The second-order valence-electron chi connectivity index (χ2n) is 14.8. The molecule has 2 aliphatic rings. The molecule has 1 aliphatic carbocycles. The smallest absolute Gasteiger partial charge is 0.458 e. The maximum absolute atomic E-state index is 14.3. The number of hydrogen-bond acceptors (Lipinski definition) is 6. The lowest BCUT2D eigenvalue weighted by molar-refractivity contribution is -0.155. The molecule has 3 aromatic rings.